The molecule has 0 aliphatic heterocycles. The molecule has 0 aliphatic rings. The number of aromatic nitrogens is 1. The van der Waals surface area contributed by atoms with Crippen LogP contribution in [0.1, 0.15) is 0 Å². The third-order valence-corrected chi connectivity index (χ3v) is 2.79. The molecule has 1 N–H and O–H groups in total. The molecule has 0 unspecified atom stereocenters. The lowest BCUT2D eigenvalue weighted by atomic mass is 10.2. The number of nitrogens with zero attached hydrogens (tertiary/aromatic N) is 1. The molecule has 1 heterocycles. The van der Waals surface area contributed by atoms with Gasteiger partial charge in [0.25, 0.3) is 0 Å². The Balaban J connectivity index is 2.29. The molecule has 3 rings (SSSR count). The van der Waals surface area contributed by atoms with Crippen molar-refractivity contribution in [3.8, 4) is 11.4 Å². The van der Waals surface area contributed by atoms with Crippen molar-refractivity contribution < 1.29 is 9.50 Å². The standard InChI is InChI=1S/C14H10FNO/c15-12-9-13-10(8-14(12)17)6-7-16(13)11-4-2-1-3-5-11/h1-9,17H. The molecular weight excluding hydrogens is 217 g/mol. The second-order valence-electron chi connectivity index (χ2n) is 3.88. The molecule has 0 spiro atoms. The summed E-state index contributed by atoms with van der Waals surface area (Å²) in [4.78, 5) is 0. The van der Waals surface area contributed by atoms with Crippen molar-refractivity contribution in [3.63, 3.8) is 0 Å². The summed E-state index contributed by atoms with van der Waals surface area (Å²) in [6, 6.07) is 14.3. The smallest absolute Gasteiger partial charge is 0.166 e. The molecule has 0 bridgehead atoms. The molecule has 1 aromatic heterocycles. The number of benzene rings is 2. The van der Waals surface area contributed by atoms with E-state index in [1.54, 1.807) is 0 Å². The second-order valence-corrected chi connectivity index (χ2v) is 3.88. The van der Waals surface area contributed by atoms with Gasteiger partial charge in [-0.15, -0.1) is 0 Å². The highest BCUT2D eigenvalue weighted by Gasteiger charge is 2.07. The summed E-state index contributed by atoms with van der Waals surface area (Å²) in [5.74, 6) is -0.920. The third kappa shape index (κ3) is 1.56. The molecule has 2 aromatic carbocycles. The fourth-order valence-electron chi connectivity index (χ4n) is 1.96. The number of halogens is 1. The van der Waals surface area contributed by atoms with Crippen molar-refractivity contribution in [3.05, 3.63) is 60.5 Å². The molecule has 3 aromatic rings. The van der Waals surface area contributed by atoms with E-state index in [1.807, 2.05) is 47.2 Å². The van der Waals surface area contributed by atoms with Gasteiger partial charge in [-0.05, 0) is 24.3 Å². The van der Waals surface area contributed by atoms with Crippen LogP contribution in [0.5, 0.6) is 5.75 Å². The van der Waals surface area contributed by atoms with Crippen LogP contribution >= 0.6 is 0 Å². The highest BCUT2D eigenvalue weighted by atomic mass is 19.1. The summed E-state index contributed by atoms with van der Waals surface area (Å²) in [5, 5.41) is 10.1. The van der Waals surface area contributed by atoms with E-state index in [0.717, 1.165) is 16.6 Å². The first-order valence-corrected chi connectivity index (χ1v) is 5.31. The molecule has 2 nitrogen and oxygen atoms in total. The topological polar surface area (TPSA) is 25.2 Å². The molecular formula is C14H10FNO. The number of aromatic hydroxyl groups is 1. The van der Waals surface area contributed by atoms with Gasteiger partial charge in [0.1, 0.15) is 0 Å². The van der Waals surface area contributed by atoms with Crippen LogP contribution < -0.4 is 0 Å². The molecule has 0 saturated carbocycles. The Morgan fingerprint density at radius 2 is 1.76 bits per heavy atom. The summed E-state index contributed by atoms with van der Waals surface area (Å²) >= 11 is 0. The van der Waals surface area contributed by atoms with Gasteiger partial charge in [-0.1, -0.05) is 18.2 Å². The van der Waals surface area contributed by atoms with Crippen LogP contribution in [-0.2, 0) is 0 Å². The summed E-state index contributed by atoms with van der Waals surface area (Å²) in [6.07, 6.45) is 1.86. The fourth-order valence-corrected chi connectivity index (χ4v) is 1.96. The van der Waals surface area contributed by atoms with Gasteiger partial charge in [0.2, 0.25) is 0 Å². The molecule has 0 amide bonds. The minimum Gasteiger partial charge on any atom is -0.505 e. The van der Waals surface area contributed by atoms with E-state index in [9.17, 15) is 9.50 Å². The van der Waals surface area contributed by atoms with Gasteiger partial charge >= 0.3 is 0 Å². The number of phenols is 1. The highest BCUT2D eigenvalue weighted by Crippen LogP contribution is 2.26. The Kier molecular flexibility index (Phi) is 2.11. The van der Waals surface area contributed by atoms with E-state index < -0.39 is 5.82 Å². The second kappa shape index (κ2) is 3.63. The number of hydrogen-bond acceptors (Lipinski definition) is 1. The molecule has 17 heavy (non-hydrogen) atoms. The fraction of sp³-hybridized carbons (Fsp3) is 0. The van der Waals surface area contributed by atoms with Crippen LogP contribution in [0.15, 0.2) is 54.7 Å². The molecule has 0 fully saturated rings. The zero-order valence-electron chi connectivity index (χ0n) is 8.97. The van der Waals surface area contributed by atoms with Crippen LogP contribution in [0.25, 0.3) is 16.6 Å². The lowest BCUT2D eigenvalue weighted by Gasteiger charge is -2.05. The van der Waals surface area contributed by atoms with Gasteiger partial charge in [-0.25, -0.2) is 4.39 Å². The maximum absolute atomic E-state index is 13.4. The molecule has 0 aliphatic carbocycles. The molecule has 0 atom stereocenters. The monoisotopic (exact) mass is 227 g/mol. The Morgan fingerprint density at radius 1 is 1.00 bits per heavy atom. The van der Waals surface area contributed by atoms with Crippen molar-refractivity contribution in [1.29, 1.82) is 0 Å². The minimum absolute atomic E-state index is 0.316. The van der Waals surface area contributed by atoms with Gasteiger partial charge in [-0.2, -0.15) is 0 Å². The summed E-state index contributed by atoms with van der Waals surface area (Å²) in [6.45, 7) is 0. The Labute approximate surface area is 97.5 Å². The lowest BCUT2D eigenvalue weighted by Crippen LogP contribution is -1.91. The maximum atomic E-state index is 13.4. The van der Waals surface area contributed by atoms with E-state index in [1.165, 1.54) is 12.1 Å². The summed E-state index contributed by atoms with van der Waals surface area (Å²) in [5.41, 5.74) is 1.71. The quantitative estimate of drug-likeness (QED) is 0.676. The first-order valence-electron chi connectivity index (χ1n) is 5.31. The van der Waals surface area contributed by atoms with Crippen molar-refractivity contribution in [2.45, 2.75) is 0 Å². The number of rotatable bonds is 1. The first kappa shape index (κ1) is 9.90. The Bertz CT molecular complexity index is 673. The van der Waals surface area contributed by atoms with Gasteiger partial charge in [0.05, 0.1) is 5.52 Å². The van der Waals surface area contributed by atoms with E-state index in [0.29, 0.717) is 0 Å². The van der Waals surface area contributed by atoms with Crippen LogP contribution in [-0.4, -0.2) is 9.67 Å². The maximum Gasteiger partial charge on any atom is 0.166 e. The van der Waals surface area contributed by atoms with Crippen LogP contribution in [0, 0.1) is 5.82 Å². The zero-order valence-corrected chi connectivity index (χ0v) is 8.97. The van der Waals surface area contributed by atoms with Crippen LogP contribution in [0.3, 0.4) is 0 Å². The van der Waals surface area contributed by atoms with Crippen molar-refractivity contribution in [2.24, 2.45) is 0 Å². The zero-order chi connectivity index (χ0) is 11.8. The minimum atomic E-state index is -0.603. The Morgan fingerprint density at radius 3 is 2.53 bits per heavy atom. The van der Waals surface area contributed by atoms with E-state index in [4.69, 9.17) is 0 Å². The molecule has 3 heteroatoms. The molecule has 0 saturated heterocycles. The predicted molar refractivity (Wildman–Crippen MR) is 64.9 cm³/mol. The van der Waals surface area contributed by atoms with E-state index >= 15 is 0 Å². The van der Waals surface area contributed by atoms with Gasteiger partial charge in [0.15, 0.2) is 11.6 Å². The normalized spacial score (nSPS) is 10.9. The number of phenolic OH excluding ortho intramolecular Hbond substituents is 1. The molecule has 0 radical (unpaired) electrons. The van der Waals surface area contributed by atoms with Gasteiger partial charge in [-0.3, -0.25) is 0 Å². The summed E-state index contributed by atoms with van der Waals surface area (Å²) in [7, 11) is 0. The van der Waals surface area contributed by atoms with Gasteiger partial charge < -0.3 is 9.67 Å². The van der Waals surface area contributed by atoms with Crippen LogP contribution in [0.2, 0.25) is 0 Å². The molecule has 84 valence electrons. The SMILES string of the molecule is Oc1cc2ccn(-c3ccccc3)c2cc1F. The van der Waals surface area contributed by atoms with Crippen molar-refractivity contribution >= 4 is 10.9 Å². The number of fused-ring (bicyclic) bond motifs is 1. The Hall–Kier alpha value is -2.29. The van der Waals surface area contributed by atoms with E-state index in [2.05, 4.69) is 0 Å². The summed E-state index contributed by atoms with van der Waals surface area (Å²) < 4.78 is 15.2. The largest absolute Gasteiger partial charge is 0.505 e. The number of hydrogen-bond donors (Lipinski definition) is 1. The van der Waals surface area contributed by atoms with Crippen LogP contribution in [0.4, 0.5) is 4.39 Å². The highest BCUT2D eigenvalue weighted by molar-refractivity contribution is 5.83. The van der Waals surface area contributed by atoms with Gasteiger partial charge in [0, 0.05) is 23.3 Å². The van der Waals surface area contributed by atoms with E-state index in [-0.39, 0.29) is 5.75 Å². The lowest BCUT2D eigenvalue weighted by molar-refractivity contribution is 0.433. The van der Waals surface area contributed by atoms with Crippen molar-refractivity contribution in [1.82, 2.24) is 4.57 Å². The average molecular weight is 227 g/mol. The van der Waals surface area contributed by atoms with Crippen molar-refractivity contribution in [2.75, 3.05) is 0 Å². The predicted octanol–water partition coefficient (Wildman–Crippen LogP) is 3.48. The third-order valence-electron chi connectivity index (χ3n) is 2.79. The first-order chi connectivity index (χ1) is 8.25. The number of para-hydroxylation sites is 1. The average Bonchev–Trinajstić information content (AvgIpc) is 2.74.